The Hall–Kier alpha value is -1.69. The van der Waals surface area contributed by atoms with E-state index >= 15 is 0 Å². The summed E-state index contributed by atoms with van der Waals surface area (Å²) in [6.45, 7) is -0.107. The van der Waals surface area contributed by atoms with Gasteiger partial charge in [0.2, 0.25) is 0 Å². The van der Waals surface area contributed by atoms with E-state index in [1.165, 1.54) is 29.8 Å². The normalized spacial score (nSPS) is 12.2. The van der Waals surface area contributed by atoms with Crippen LogP contribution in [-0.2, 0) is 13.0 Å². The van der Waals surface area contributed by atoms with Crippen LogP contribution in [0.5, 0.6) is 0 Å². The molecule has 0 atom stereocenters. The molecule has 0 amide bonds. The number of benzene rings is 1. The molecule has 0 spiro atoms. The Morgan fingerprint density at radius 2 is 2.18 bits per heavy atom. The zero-order chi connectivity index (χ0) is 12.6. The molecule has 0 aliphatic heterocycles. The van der Waals surface area contributed by atoms with Crippen molar-refractivity contribution in [3.63, 3.8) is 0 Å². The fraction of sp³-hybridized carbons (Fsp3) is 0.364. The van der Waals surface area contributed by atoms with E-state index in [-0.39, 0.29) is 17.7 Å². The minimum absolute atomic E-state index is 0.107. The first-order valence-electron chi connectivity index (χ1n) is 5.13. The average Bonchev–Trinajstić information content (AvgIpc) is 2.54. The summed E-state index contributed by atoms with van der Waals surface area (Å²) in [5, 5.41) is 0. The third-order valence-electron chi connectivity index (χ3n) is 2.67. The highest BCUT2D eigenvalue weighted by Crippen LogP contribution is 2.32. The van der Waals surface area contributed by atoms with E-state index in [4.69, 9.17) is 10.2 Å². The third-order valence-corrected chi connectivity index (χ3v) is 2.67. The van der Waals surface area contributed by atoms with Crippen LogP contribution in [0.2, 0.25) is 0 Å². The SMILES string of the molecule is Cn1c(=O)oc2cc(C(F)(F)CCN)ccc21. The summed E-state index contributed by atoms with van der Waals surface area (Å²) in [6, 6.07) is 3.92. The van der Waals surface area contributed by atoms with Gasteiger partial charge < -0.3 is 10.2 Å². The van der Waals surface area contributed by atoms with Crippen LogP contribution >= 0.6 is 0 Å². The molecule has 17 heavy (non-hydrogen) atoms. The number of nitrogens with zero attached hydrogens (tertiary/aromatic N) is 1. The summed E-state index contributed by atoms with van der Waals surface area (Å²) in [6.07, 6.45) is -0.435. The highest BCUT2D eigenvalue weighted by molar-refractivity contribution is 5.73. The zero-order valence-corrected chi connectivity index (χ0v) is 9.24. The molecule has 0 aliphatic rings. The molecular formula is C11H12F2N2O2. The summed E-state index contributed by atoms with van der Waals surface area (Å²) in [7, 11) is 1.52. The molecule has 92 valence electrons. The van der Waals surface area contributed by atoms with Crippen molar-refractivity contribution in [2.45, 2.75) is 12.3 Å². The first-order chi connectivity index (χ1) is 7.95. The Bertz CT molecular complexity index is 601. The molecule has 1 aromatic carbocycles. The van der Waals surface area contributed by atoms with Gasteiger partial charge in [0.1, 0.15) is 0 Å². The molecular weight excluding hydrogens is 230 g/mol. The topological polar surface area (TPSA) is 61.2 Å². The lowest BCUT2D eigenvalue weighted by molar-refractivity contribution is -0.0106. The number of nitrogens with two attached hydrogens (primary N) is 1. The Kier molecular flexibility index (Phi) is 2.74. The molecule has 0 bridgehead atoms. The lowest BCUT2D eigenvalue weighted by Gasteiger charge is -2.15. The van der Waals surface area contributed by atoms with Crippen molar-refractivity contribution >= 4 is 11.1 Å². The van der Waals surface area contributed by atoms with Crippen molar-refractivity contribution in [3.05, 3.63) is 34.3 Å². The van der Waals surface area contributed by atoms with E-state index in [1.807, 2.05) is 0 Å². The molecule has 0 unspecified atom stereocenters. The summed E-state index contributed by atoms with van der Waals surface area (Å²) >= 11 is 0. The molecule has 6 heteroatoms. The molecule has 2 aromatic rings. The minimum atomic E-state index is -3.00. The molecule has 0 saturated heterocycles. The summed E-state index contributed by atoms with van der Waals surface area (Å²) < 4.78 is 33.3. The van der Waals surface area contributed by atoms with E-state index in [0.29, 0.717) is 5.52 Å². The summed E-state index contributed by atoms with van der Waals surface area (Å²) in [5.41, 5.74) is 5.59. The van der Waals surface area contributed by atoms with Crippen LogP contribution in [0.4, 0.5) is 8.78 Å². The lowest BCUT2D eigenvalue weighted by Crippen LogP contribution is -2.18. The molecule has 0 radical (unpaired) electrons. The molecule has 2 rings (SSSR count). The van der Waals surface area contributed by atoms with Gasteiger partial charge in [-0.15, -0.1) is 0 Å². The second kappa shape index (κ2) is 3.96. The van der Waals surface area contributed by atoms with Gasteiger partial charge in [0, 0.05) is 19.0 Å². The number of fused-ring (bicyclic) bond motifs is 1. The highest BCUT2D eigenvalue weighted by Gasteiger charge is 2.31. The van der Waals surface area contributed by atoms with Crippen LogP contribution in [0.15, 0.2) is 27.4 Å². The summed E-state index contributed by atoms with van der Waals surface area (Å²) in [4.78, 5) is 11.2. The number of hydrogen-bond donors (Lipinski definition) is 1. The quantitative estimate of drug-likeness (QED) is 0.888. The third kappa shape index (κ3) is 1.95. The second-order valence-electron chi connectivity index (χ2n) is 3.85. The van der Waals surface area contributed by atoms with Gasteiger partial charge in [0.25, 0.3) is 5.92 Å². The number of oxazole rings is 1. The van der Waals surface area contributed by atoms with Crippen LogP contribution in [0.25, 0.3) is 11.1 Å². The van der Waals surface area contributed by atoms with Gasteiger partial charge in [-0.05, 0) is 18.7 Å². The predicted molar refractivity (Wildman–Crippen MR) is 59.0 cm³/mol. The van der Waals surface area contributed by atoms with Gasteiger partial charge in [-0.25, -0.2) is 13.6 Å². The minimum Gasteiger partial charge on any atom is -0.408 e. The largest absolute Gasteiger partial charge is 0.419 e. The monoisotopic (exact) mass is 242 g/mol. The van der Waals surface area contributed by atoms with E-state index in [2.05, 4.69) is 0 Å². The van der Waals surface area contributed by atoms with Gasteiger partial charge in [0.05, 0.1) is 5.52 Å². The van der Waals surface area contributed by atoms with Crippen LogP contribution in [0.1, 0.15) is 12.0 Å². The molecule has 1 heterocycles. The first-order valence-corrected chi connectivity index (χ1v) is 5.13. The number of halogens is 2. The average molecular weight is 242 g/mol. The standard InChI is InChI=1S/C11H12F2N2O2/c1-15-8-3-2-7(11(12,13)4-5-14)6-9(8)17-10(15)16/h2-3,6H,4-5,14H2,1H3. The molecule has 1 aromatic heterocycles. The Morgan fingerprint density at radius 3 is 2.82 bits per heavy atom. The van der Waals surface area contributed by atoms with Gasteiger partial charge in [0.15, 0.2) is 5.58 Å². The van der Waals surface area contributed by atoms with Crippen molar-refractivity contribution in [1.82, 2.24) is 4.57 Å². The number of hydrogen-bond acceptors (Lipinski definition) is 3. The van der Waals surface area contributed by atoms with Crippen LogP contribution in [0.3, 0.4) is 0 Å². The predicted octanol–water partition coefficient (Wildman–Crippen LogP) is 1.57. The van der Waals surface area contributed by atoms with Crippen molar-refractivity contribution in [2.75, 3.05) is 6.54 Å². The van der Waals surface area contributed by atoms with Crippen molar-refractivity contribution < 1.29 is 13.2 Å². The molecule has 0 fully saturated rings. The maximum absolute atomic E-state index is 13.6. The van der Waals surface area contributed by atoms with Crippen molar-refractivity contribution in [3.8, 4) is 0 Å². The first kappa shape index (κ1) is 11.8. The van der Waals surface area contributed by atoms with Crippen molar-refractivity contribution in [1.29, 1.82) is 0 Å². The Morgan fingerprint density at radius 1 is 1.47 bits per heavy atom. The Balaban J connectivity index is 2.55. The van der Waals surface area contributed by atoms with Gasteiger partial charge in [-0.3, -0.25) is 4.57 Å². The number of aromatic nitrogens is 1. The van der Waals surface area contributed by atoms with Gasteiger partial charge in [-0.2, -0.15) is 0 Å². The number of alkyl halides is 2. The van der Waals surface area contributed by atoms with E-state index in [1.54, 1.807) is 0 Å². The van der Waals surface area contributed by atoms with Crippen LogP contribution < -0.4 is 11.5 Å². The maximum Gasteiger partial charge on any atom is 0.419 e. The second-order valence-corrected chi connectivity index (χ2v) is 3.85. The van der Waals surface area contributed by atoms with E-state index < -0.39 is 18.1 Å². The molecule has 2 N–H and O–H groups in total. The number of rotatable bonds is 3. The fourth-order valence-electron chi connectivity index (χ4n) is 1.69. The van der Waals surface area contributed by atoms with Crippen LogP contribution in [0, 0.1) is 0 Å². The summed E-state index contributed by atoms with van der Waals surface area (Å²) in [5.74, 6) is -3.57. The van der Waals surface area contributed by atoms with E-state index in [0.717, 1.165) is 0 Å². The fourth-order valence-corrected chi connectivity index (χ4v) is 1.69. The maximum atomic E-state index is 13.6. The number of aryl methyl sites for hydroxylation is 1. The van der Waals surface area contributed by atoms with Crippen LogP contribution in [-0.4, -0.2) is 11.1 Å². The highest BCUT2D eigenvalue weighted by atomic mass is 19.3. The van der Waals surface area contributed by atoms with E-state index in [9.17, 15) is 13.6 Å². The molecule has 4 nitrogen and oxygen atoms in total. The Labute approximate surface area is 95.6 Å². The smallest absolute Gasteiger partial charge is 0.408 e. The zero-order valence-electron chi connectivity index (χ0n) is 9.24. The van der Waals surface area contributed by atoms with Crippen molar-refractivity contribution in [2.24, 2.45) is 12.8 Å². The van der Waals surface area contributed by atoms with Gasteiger partial charge >= 0.3 is 5.76 Å². The lowest BCUT2D eigenvalue weighted by atomic mass is 10.1. The molecule has 0 aliphatic carbocycles. The van der Waals surface area contributed by atoms with Gasteiger partial charge in [-0.1, -0.05) is 6.07 Å². The molecule has 0 saturated carbocycles.